The molecule has 4 aliphatic rings. The summed E-state index contributed by atoms with van der Waals surface area (Å²) in [6.07, 6.45) is 15.0. The Morgan fingerprint density at radius 2 is 1.76 bits per heavy atom. The summed E-state index contributed by atoms with van der Waals surface area (Å²) in [5.41, 5.74) is 10.5. The number of nitrogens with zero attached hydrogens (tertiary/aromatic N) is 2. The topological polar surface area (TPSA) is 67.9 Å². The van der Waals surface area contributed by atoms with Crippen LogP contribution in [-0.4, -0.2) is 31.8 Å². The zero-order valence-corrected chi connectivity index (χ0v) is 25.9. The fourth-order valence-electron chi connectivity index (χ4n) is 7.68. The number of nitrogens with two attached hydrogens (primary N) is 1. The van der Waals surface area contributed by atoms with E-state index in [9.17, 15) is 4.79 Å². The van der Waals surface area contributed by atoms with Crippen molar-refractivity contribution >= 4 is 23.4 Å². The molecule has 6 heteroatoms. The number of aryl methyl sites for hydroxylation is 1. The maximum Gasteiger partial charge on any atom is 0.230 e. The second-order valence-electron chi connectivity index (χ2n) is 13.4. The van der Waals surface area contributed by atoms with Crippen molar-refractivity contribution in [2.75, 3.05) is 18.6 Å². The van der Waals surface area contributed by atoms with Crippen molar-refractivity contribution < 1.29 is 13.9 Å². The van der Waals surface area contributed by atoms with E-state index in [4.69, 9.17) is 10.5 Å². The van der Waals surface area contributed by atoms with E-state index in [2.05, 4.69) is 30.1 Å². The van der Waals surface area contributed by atoms with Crippen molar-refractivity contribution in [3.05, 3.63) is 65.1 Å². The van der Waals surface area contributed by atoms with Gasteiger partial charge < -0.3 is 15.4 Å². The molecule has 0 radical (unpaired) electrons. The molecule has 0 aliphatic heterocycles. The molecule has 4 saturated carbocycles. The van der Waals surface area contributed by atoms with Gasteiger partial charge in [0.2, 0.25) is 5.91 Å². The van der Waals surface area contributed by atoms with Crippen LogP contribution in [0.25, 0.3) is 5.57 Å². The van der Waals surface area contributed by atoms with E-state index in [1.165, 1.54) is 29.8 Å². The summed E-state index contributed by atoms with van der Waals surface area (Å²) in [5, 5.41) is 0. The standard InChI is InChI=1S/C36H48FN3O2/c1-25(2)39-23-28(22-38)31-21-30(11-12-32(31)37)40(34(41)27-8-6-5-7-9-27)24-35-14-17-36(18-15-35,19-16-35)29-10-13-33(42-4)26(3)20-29/h10-13,20-23,25,27H,5-9,14-19,24,38H2,1-4H3/b28-22+,39-23?. The van der Waals surface area contributed by atoms with E-state index in [0.717, 1.165) is 75.6 Å². The van der Waals surface area contributed by atoms with Gasteiger partial charge in [0.15, 0.2) is 0 Å². The molecule has 0 heterocycles. The first kappa shape index (κ1) is 30.3. The number of anilines is 1. The number of allylic oxidation sites excluding steroid dienone is 1. The number of ether oxygens (including phenoxy) is 1. The van der Waals surface area contributed by atoms with Crippen LogP contribution >= 0.6 is 0 Å². The van der Waals surface area contributed by atoms with Gasteiger partial charge in [-0.25, -0.2) is 4.39 Å². The highest BCUT2D eigenvalue weighted by atomic mass is 19.1. The van der Waals surface area contributed by atoms with E-state index in [-0.39, 0.29) is 34.5 Å². The maximum absolute atomic E-state index is 15.2. The van der Waals surface area contributed by atoms with Gasteiger partial charge in [0, 0.05) is 47.7 Å². The molecule has 5 nitrogen and oxygen atoms in total. The fourth-order valence-corrected chi connectivity index (χ4v) is 7.68. The van der Waals surface area contributed by atoms with E-state index < -0.39 is 0 Å². The Labute approximate surface area is 251 Å². The average Bonchev–Trinajstić information content (AvgIpc) is 3.02. The number of hydrogen-bond donors (Lipinski definition) is 1. The first-order valence-corrected chi connectivity index (χ1v) is 15.9. The number of methoxy groups -OCH3 is 1. The van der Waals surface area contributed by atoms with Crippen LogP contribution in [0.4, 0.5) is 10.1 Å². The first-order chi connectivity index (χ1) is 20.2. The Morgan fingerprint density at radius 1 is 1.07 bits per heavy atom. The van der Waals surface area contributed by atoms with Gasteiger partial charge in [-0.05, 0) is 118 Å². The number of hydrogen-bond acceptors (Lipinski definition) is 4. The quantitative estimate of drug-likeness (QED) is 0.308. The Morgan fingerprint density at radius 3 is 2.36 bits per heavy atom. The van der Waals surface area contributed by atoms with Crippen LogP contribution in [0, 0.1) is 24.1 Å². The molecule has 2 aromatic carbocycles. The molecule has 226 valence electrons. The highest BCUT2D eigenvalue weighted by Crippen LogP contribution is 2.58. The summed E-state index contributed by atoms with van der Waals surface area (Å²) >= 11 is 0. The maximum atomic E-state index is 15.2. The number of halogens is 1. The number of benzene rings is 2. The highest BCUT2D eigenvalue weighted by Gasteiger charge is 2.50. The van der Waals surface area contributed by atoms with Gasteiger partial charge in [0.05, 0.1) is 7.11 Å². The molecular weight excluding hydrogens is 525 g/mol. The van der Waals surface area contributed by atoms with Gasteiger partial charge >= 0.3 is 0 Å². The number of carbonyl (C=O) groups excluding carboxylic acids is 1. The van der Waals surface area contributed by atoms with Crippen LogP contribution in [-0.2, 0) is 10.2 Å². The van der Waals surface area contributed by atoms with E-state index in [1.54, 1.807) is 19.4 Å². The highest BCUT2D eigenvalue weighted by molar-refractivity contribution is 6.10. The van der Waals surface area contributed by atoms with Crippen LogP contribution in [0.1, 0.15) is 101 Å². The second kappa shape index (κ2) is 12.6. The Bertz CT molecular complexity index is 1320. The number of carbonyl (C=O) groups is 1. The summed E-state index contributed by atoms with van der Waals surface area (Å²) in [7, 11) is 1.73. The fraction of sp³-hybridized carbons (Fsp3) is 0.556. The summed E-state index contributed by atoms with van der Waals surface area (Å²) in [4.78, 5) is 20.7. The third kappa shape index (κ3) is 6.14. The Hall–Kier alpha value is -3.15. The summed E-state index contributed by atoms with van der Waals surface area (Å²) in [6, 6.07) is 11.8. The van der Waals surface area contributed by atoms with Crippen molar-refractivity contribution in [1.29, 1.82) is 0 Å². The molecule has 0 unspecified atom stereocenters. The molecule has 4 aliphatic carbocycles. The molecule has 1 amide bonds. The lowest BCUT2D eigenvalue weighted by Gasteiger charge is -2.55. The molecule has 2 bridgehead atoms. The Kier molecular flexibility index (Phi) is 9.10. The second-order valence-corrected chi connectivity index (χ2v) is 13.4. The number of fused-ring (bicyclic) bond motifs is 3. The third-order valence-corrected chi connectivity index (χ3v) is 10.4. The largest absolute Gasteiger partial charge is 0.496 e. The lowest BCUT2D eigenvalue weighted by molar-refractivity contribution is -0.124. The van der Waals surface area contributed by atoms with E-state index in [1.807, 2.05) is 24.8 Å². The van der Waals surface area contributed by atoms with Crippen LogP contribution in [0.2, 0.25) is 0 Å². The van der Waals surface area contributed by atoms with Crippen LogP contribution in [0.5, 0.6) is 5.75 Å². The zero-order chi connectivity index (χ0) is 29.9. The van der Waals surface area contributed by atoms with E-state index in [0.29, 0.717) is 17.7 Å². The average molecular weight is 574 g/mol. The molecule has 6 rings (SSSR count). The molecule has 0 aromatic heterocycles. The van der Waals surface area contributed by atoms with E-state index >= 15 is 4.39 Å². The monoisotopic (exact) mass is 573 g/mol. The minimum atomic E-state index is -0.358. The minimum absolute atomic E-state index is 0.0317. The smallest absolute Gasteiger partial charge is 0.230 e. The van der Waals surface area contributed by atoms with Crippen molar-refractivity contribution in [3.63, 3.8) is 0 Å². The summed E-state index contributed by atoms with van der Waals surface area (Å²) in [5.74, 6) is 0.812. The van der Waals surface area contributed by atoms with Crippen molar-refractivity contribution in [2.24, 2.45) is 22.1 Å². The molecule has 4 fully saturated rings. The number of amides is 1. The minimum Gasteiger partial charge on any atom is -0.496 e. The summed E-state index contributed by atoms with van der Waals surface area (Å²) in [6.45, 7) is 6.76. The predicted molar refractivity (Wildman–Crippen MR) is 171 cm³/mol. The first-order valence-electron chi connectivity index (χ1n) is 15.9. The lowest BCUT2D eigenvalue weighted by Crippen LogP contribution is -2.51. The molecule has 2 aromatic rings. The van der Waals surface area contributed by atoms with Crippen molar-refractivity contribution in [2.45, 2.75) is 103 Å². The zero-order valence-electron chi connectivity index (χ0n) is 25.9. The molecule has 0 spiro atoms. The number of rotatable bonds is 9. The molecule has 2 N–H and O–H groups in total. The van der Waals surface area contributed by atoms with Crippen LogP contribution < -0.4 is 15.4 Å². The van der Waals surface area contributed by atoms with Gasteiger partial charge in [-0.1, -0.05) is 31.4 Å². The van der Waals surface area contributed by atoms with Crippen molar-refractivity contribution in [3.8, 4) is 5.75 Å². The van der Waals surface area contributed by atoms with Gasteiger partial charge in [0.1, 0.15) is 11.6 Å². The SMILES string of the molecule is COc1ccc(C23CCC(CN(C(=O)C4CCCCC4)c4ccc(F)c(/C(C=NC(C)C)=C/N)c4)(CC2)CC3)cc1C. The lowest BCUT2D eigenvalue weighted by atomic mass is 9.51. The molecule has 0 atom stereocenters. The number of aliphatic imine (C=N–C) groups is 1. The normalized spacial score (nSPS) is 24.9. The van der Waals surface area contributed by atoms with Crippen molar-refractivity contribution in [1.82, 2.24) is 0 Å². The molecule has 42 heavy (non-hydrogen) atoms. The predicted octanol–water partition coefficient (Wildman–Crippen LogP) is 8.13. The van der Waals surface area contributed by atoms with Gasteiger partial charge in [-0.3, -0.25) is 9.79 Å². The van der Waals surface area contributed by atoms with Gasteiger partial charge in [-0.15, -0.1) is 0 Å². The molecule has 0 saturated heterocycles. The van der Waals surface area contributed by atoms with Gasteiger partial charge in [-0.2, -0.15) is 0 Å². The van der Waals surface area contributed by atoms with Crippen LogP contribution in [0.3, 0.4) is 0 Å². The Balaban J connectivity index is 1.43. The van der Waals surface area contributed by atoms with Gasteiger partial charge in [0.25, 0.3) is 0 Å². The third-order valence-electron chi connectivity index (χ3n) is 10.4. The summed E-state index contributed by atoms with van der Waals surface area (Å²) < 4.78 is 20.7. The molecular formula is C36H48FN3O2. The van der Waals surface area contributed by atoms with Crippen LogP contribution in [0.15, 0.2) is 47.6 Å².